The average Bonchev–Trinajstić information content (AvgIpc) is 2.45. The monoisotopic (exact) mass is 271 g/mol. The fraction of sp³-hybridized carbons (Fsp3) is 0.545. The molecule has 84 valence electrons. The molecule has 0 aliphatic rings. The lowest BCUT2D eigenvalue weighted by Gasteiger charge is -2.09. The first-order valence-corrected chi connectivity index (χ1v) is 5.96. The Hall–Kier alpha value is -0.610. The number of aryl methyl sites for hydroxylation is 2. The Morgan fingerprint density at radius 1 is 1.67 bits per heavy atom. The zero-order valence-electron chi connectivity index (χ0n) is 9.33. The smallest absolute Gasteiger partial charge is 0.0766 e. The van der Waals surface area contributed by atoms with Crippen LogP contribution in [0.5, 0.6) is 0 Å². The minimum Gasteiger partial charge on any atom is -0.327 e. The predicted molar refractivity (Wildman–Crippen MR) is 66.8 cm³/mol. The molecule has 0 amide bonds. The molecule has 1 atom stereocenters. The molecule has 0 aromatic carbocycles. The Bertz CT molecular complexity index is 344. The Kier molecular flexibility index (Phi) is 4.54. The van der Waals surface area contributed by atoms with Gasteiger partial charge in [-0.15, -0.1) is 6.58 Å². The third-order valence-corrected chi connectivity index (χ3v) is 3.34. The van der Waals surface area contributed by atoms with Crippen LogP contribution in [0, 0.1) is 0 Å². The lowest BCUT2D eigenvalue weighted by Crippen LogP contribution is -2.23. The molecule has 0 bridgehead atoms. The topological polar surface area (TPSA) is 43.8 Å². The number of hydrogen-bond donors (Lipinski definition) is 1. The molecule has 0 fully saturated rings. The van der Waals surface area contributed by atoms with E-state index < -0.39 is 0 Å². The zero-order valence-corrected chi connectivity index (χ0v) is 10.9. The minimum atomic E-state index is 0.124. The normalized spacial score (nSPS) is 12.8. The Balaban J connectivity index is 2.84. The van der Waals surface area contributed by atoms with Crippen molar-refractivity contribution in [3.05, 3.63) is 28.5 Å². The van der Waals surface area contributed by atoms with Crippen LogP contribution in [0.1, 0.15) is 24.7 Å². The molecule has 15 heavy (non-hydrogen) atoms. The fourth-order valence-corrected chi connectivity index (χ4v) is 2.37. The highest BCUT2D eigenvalue weighted by Crippen LogP contribution is 2.22. The van der Waals surface area contributed by atoms with Crippen molar-refractivity contribution in [3.8, 4) is 0 Å². The van der Waals surface area contributed by atoms with Gasteiger partial charge in [0.25, 0.3) is 0 Å². The van der Waals surface area contributed by atoms with Crippen LogP contribution in [0.4, 0.5) is 0 Å². The summed E-state index contributed by atoms with van der Waals surface area (Å²) in [5, 5.41) is 4.43. The summed E-state index contributed by atoms with van der Waals surface area (Å²) in [5.74, 6) is 0. The Morgan fingerprint density at radius 2 is 2.33 bits per heavy atom. The number of rotatable bonds is 5. The highest BCUT2D eigenvalue weighted by atomic mass is 79.9. The summed E-state index contributed by atoms with van der Waals surface area (Å²) in [6.07, 6.45) is 4.45. The summed E-state index contributed by atoms with van der Waals surface area (Å²) in [5.41, 5.74) is 8.23. The van der Waals surface area contributed by atoms with E-state index >= 15 is 0 Å². The van der Waals surface area contributed by atoms with Crippen molar-refractivity contribution in [2.75, 3.05) is 0 Å². The van der Waals surface area contributed by atoms with E-state index in [9.17, 15) is 0 Å². The lowest BCUT2D eigenvalue weighted by molar-refractivity contribution is 0.618. The van der Waals surface area contributed by atoms with Crippen molar-refractivity contribution in [2.24, 2.45) is 12.8 Å². The van der Waals surface area contributed by atoms with Gasteiger partial charge in [0.2, 0.25) is 0 Å². The Labute approximate surface area is 99.5 Å². The maximum atomic E-state index is 5.97. The molecule has 0 aliphatic heterocycles. The molecule has 1 heterocycles. The number of halogens is 1. The van der Waals surface area contributed by atoms with Crippen molar-refractivity contribution >= 4 is 15.9 Å². The molecule has 0 aliphatic carbocycles. The van der Waals surface area contributed by atoms with Gasteiger partial charge in [-0.1, -0.05) is 13.0 Å². The largest absolute Gasteiger partial charge is 0.327 e. The Morgan fingerprint density at radius 3 is 2.80 bits per heavy atom. The molecule has 0 saturated carbocycles. The van der Waals surface area contributed by atoms with E-state index in [1.54, 1.807) is 0 Å². The SMILES string of the molecule is C=CCC(N)Cc1c(Br)c(CC)nn1C. The van der Waals surface area contributed by atoms with E-state index in [4.69, 9.17) is 5.73 Å². The molecule has 0 spiro atoms. The molecule has 2 N–H and O–H groups in total. The van der Waals surface area contributed by atoms with Crippen LogP contribution in [-0.2, 0) is 19.9 Å². The summed E-state index contributed by atoms with van der Waals surface area (Å²) >= 11 is 3.58. The maximum absolute atomic E-state index is 5.97. The van der Waals surface area contributed by atoms with Crippen LogP contribution < -0.4 is 5.73 Å². The fourth-order valence-electron chi connectivity index (χ4n) is 1.59. The molecule has 0 radical (unpaired) electrons. The first-order valence-electron chi connectivity index (χ1n) is 5.16. The third-order valence-electron chi connectivity index (χ3n) is 2.43. The van der Waals surface area contributed by atoms with Crippen molar-refractivity contribution < 1.29 is 0 Å². The van der Waals surface area contributed by atoms with Crippen LogP contribution in [0.15, 0.2) is 17.1 Å². The van der Waals surface area contributed by atoms with Gasteiger partial charge < -0.3 is 5.73 Å². The summed E-state index contributed by atoms with van der Waals surface area (Å²) in [6.45, 7) is 5.79. The van der Waals surface area contributed by atoms with Gasteiger partial charge in [-0.25, -0.2) is 0 Å². The summed E-state index contributed by atoms with van der Waals surface area (Å²) in [6, 6.07) is 0.124. The zero-order chi connectivity index (χ0) is 11.4. The van der Waals surface area contributed by atoms with Gasteiger partial charge in [0.15, 0.2) is 0 Å². The number of nitrogens with two attached hydrogens (primary N) is 1. The predicted octanol–water partition coefficient (Wildman–Crippen LogP) is 2.19. The second-order valence-corrected chi connectivity index (χ2v) is 4.47. The quantitative estimate of drug-likeness (QED) is 0.835. The van der Waals surface area contributed by atoms with Gasteiger partial charge in [0.05, 0.1) is 15.9 Å². The molecule has 0 saturated heterocycles. The van der Waals surface area contributed by atoms with Gasteiger partial charge in [-0.3, -0.25) is 4.68 Å². The second-order valence-electron chi connectivity index (χ2n) is 3.67. The first-order chi connectivity index (χ1) is 7.10. The number of hydrogen-bond acceptors (Lipinski definition) is 2. The molecular weight excluding hydrogens is 254 g/mol. The van der Waals surface area contributed by atoms with Crippen LogP contribution in [-0.4, -0.2) is 15.8 Å². The van der Waals surface area contributed by atoms with Crippen LogP contribution >= 0.6 is 15.9 Å². The van der Waals surface area contributed by atoms with Gasteiger partial charge in [0, 0.05) is 19.5 Å². The van der Waals surface area contributed by atoms with Crippen LogP contribution in [0.3, 0.4) is 0 Å². The summed E-state index contributed by atoms with van der Waals surface area (Å²) < 4.78 is 3.01. The van der Waals surface area contributed by atoms with Crippen LogP contribution in [0.25, 0.3) is 0 Å². The highest BCUT2D eigenvalue weighted by molar-refractivity contribution is 9.10. The van der Waals surface area contributed by atoms with E-state index in [2.05, 4.69) is 34.5 Å². The third kappa shape index (κ3) is 2.92. The molecule has 4 heteroatoms. The van der Waals surface area contributed by atoms with Crippen molar-refractivity contribution in [3.63, 3.8) is 0 Å². The van der Waals surface area contributed by atoms with Crippen molar-refractivity contribution in [1.29, 1.82) is 0 Å². The standard InChI is InChI=1S/C11H18BrN3/c1-4-6-8(13)7-10-11(12)9(5-2)14-15(10)3/h4,8H,1,5-7,13H2,2-3H3. The molecule has 1 aromatic heterocycles. The van der Waals surface area contributed by atoms with E-state index in [1.807, 2.05) is 17.8 Å². The van der Waals surface area contributed by atoms with Gasteiger partial charge in [-0.05, 0) is 28.8 Å². The first kappa shape index (κ1) is 12.5. The number of nitrogens with zero attached hydrogens (tertiary/aromatic N) is 2. The molecule has 1 rings (SSSR count). The van der Waals surface area contributed by atoms with Gasteiger partial charge in [-0.2, -0.15) is 5.10 Å². The summed E-state index contributed by atoms with van der Waals surface area (Å²) in [7, 11) is 1.96. The van der Waals surface area contributed by atoms with Gasteiger partial charge >= 0.3 is 0 Å². The van der Waals surface area contributed by atoms with Crippen molar-refractivity contribution in [1.82, 2.24) is 9.78 Å². The lowest BCUT2D eigenvalue weighted by atomic mass is 10.1. The second kappa shape index (κ2) is 5.47. The van der Waals surface area contributed by atoms with E-state index in [1.165, 1.54) is 5.69 Å². The van der Waals surface area contributed by atoms with E-state index in [0.29, 0.717) is 0 Å². The van der Waals surface area contributed by atoms with Gasteiger partial charge in [0.1, 0.15) is 0 Å². The van der Waals surface area contributed by atoms with Crippen LogP contribution in [0.2, 0.25) is 0 Å². The molecule has 1 unspecified atom stereocenters. The average molecular weight is 272 g/mol. The summed E-state index contributed by atoms with van der Waals surface area (Å²) in [4.78, 5) is 0. The minimum absolute atomic E-state index is 0.124. The van der Waals surface area contributed by atoms with E-state index in [0.717, 1.165) is 29.4 Å². The number of aromatic nitrogens is 2. The molecular formula is C11H18BrN3. The maximum Gasteiger partial charge on any atom is 0.0766 e. The van der Waals surface area contributed by atoms with Crippen molar-refractivity contribution in [2.45, 2.75) is 32.2 Å². The molecule has 3 nitrogen and oxygen atoms in total. The highest BCUT2D eigenvalue weighted by Gasteiger charge is 2.14. The molecule has 1 aromatic rings. The van der Waals surface area contributed by atoms with E-state index in [-0.39, 0.29) is 6.04 Å².